The number of benzene rings is 2. The number of amidine groups is 1. The molecule has 2 aromatic rings. The van der Waals surface area contributed by atoms with E-state index in [0.29, 0.717) is 30.8 Å². The molecule has 2 aliphatic carbocycles. The average molecular weight is 645 g/mol. The third-order valence-electron chi connectivity index (χ3n) is 7.52. The predicted molar refractivity (Wildman–Crippen MR) is 165 cm³/mol. The van der Waals surface area contributed by atoms with Crippen molar-refractivity contribution < 1.29 is 14.3 Å². The van der Waals surface area contributed by atoms with Gasteiger partial charge in [-0.25, -0.2) is 0 Å². The van der Waals surface area contributed by atoms with Crippen molar-refractivity contribution in [1.29, 1.82) is 0 Å². The Morgan fingerprint density at radius 2 is 1.66 bits per heavy atom. The van der Waals surface area contributed by atoms with Crippen LogP contribution in [0.4, 0.5) is 0 Å². The Kier molecular flexibility index (Phi) is 9.70. The van der Waals surface area contributed by atoms with Crippen LogP contribution in [-0.4, -0.2) is 34.7 Å². The molecule has 2 aromatic carbocycles. The second-order valence-electron chi connectivity index (χ2n) is 10.3. The predicted octanol–water partition coefficient (Wildman–Crippen LogP) is 8.21. The molecule has 1 saturated heterocycles. The van der Waals surface area contributed by atoms with E-state index in [0.717, 1.165) is 46.9 Å². The quantitative estimate of drug-likeness (QED) is 0.215. The summed E-state index contributed by atoms with van der Waals surface area (Å²) in [5.41, 5.74) is 2.05. The van der Waals surface area contributed by atoms with E-state index in [-0.39, 0.29) is 11.9 Å². The van der Waals surface area contributed by atoms with Gasteiger partial charge in [-0.2, -0.15) is 0 Å². The maximum Gasteiger partial charge on any atom is 0.266 e. The van der Waals surface area contributed by atoms with Crippen molar-refractivity contribution in [2.45, 2.75) is 89.8 Å². The molecule has 1 amide bonds. The zero-order chi connectivity index (χ0) is 26.3. The Balaban J connectivity index is 1.37. The number of halogens is 1. The number of hydrogen-bond donors (Lipinski definition) is 0. The van der Waals surface area contributed by atoms with Gasteiger partial charge in [0.2, 0.25) is 0 Å². The van der Waals surface area contributed by atoms with Crippen LogP contribution >= 0.6 is 34.4 Å². The van der Waals surface area contributed by atoms with Gasteiger partial charge < -0.3 is 9.47 Å². The van der Waals surface area contributed by atoms with Crippen LogP contribution in [0.15, 0.2) is 52.4 Å². The maximum atomic E-state index is 13.7. The first-order chi connectivity index (χ1) is 18.6. The van der Waals surface area contributed by atoms with Gasteiger partial charge in [-0.05, 0) is 108 Å². The van der Waals surface area contributed by atoms with E-state index in [4.69, 9.17) is 14.5 Å². The van der Waals surface area contributed by atoms with Gasteiger partial charge in [-0.3, -0.25) is 14.7 Å². The van der Waals surface area contributed by atoms with Gasteiger partial charge in [0.1, 0.15) is 6.61 Å². The molecular formula is C31H37IN2O3S. The molecule has 5 rings (SSSR count). The summed E-state index contributed by atoms with van der Waals surface area (Å²) in [4.78, 5) is 21.7. The van der Waals surface area contributed by atoms with Crippen molar-refractivity contribution in [2.75, 3.05) is 6.61 Å². The second kappa shape index (κ2) is 13.4. The monoisotopic (exact) mass is 644 g/mol. The molecule has 2 saturated carbocycles. The molecule has 3 aliphatic rings. The summed E-state index contributed by atoms with van der Waals surface area (Å²) in [6.45, 7) is 2.99. The second-order valence-corrected chi connectivity index (χ2v) is 12.6. The van der Waals surface area contributed by atoms with Gasteiger partial charge in [0.25, 0.3) is 5.91 Å². The molecule has 0 bridgehead atoms. The zero-order valence-corrected chi connectivity index (χ0v) is 25.1. The van der Waals surface area contributed by atoms with E-state index in [1.54, 1.807) is 11.8 Å². The fraction of sp³-hybridized carbons (Fsp3) is 0.484. The number of nitrogens with zero attached hydrogens (tertiary/aromatic N) is 2. The van der Waals surface area contributed by atoms with E-state index in [1.807, 2.05) is 36.1 Å². The summed E-state index contributed by atoms with van der Waals surface area (Å²) in [6, 6.07) is 14.9. The lowest BCUT2D eigenvalue weighted by atomic mass is 9.94. The molecule has 38 heavy (non-hydrogen) atoms. The van der Waals surface area contributed by atoms with Crippen molar-refractivity contribution in [3.05, 3.63) is 62.1 Å². The fourth-order valence-electron chi connectivity index (χ4n) is 5.50. The van der Waals surface area contributed by atoms with Crippen molar-refractivity contribution in [3.63, 3.8) is 0 Å². The normalized spacial score (nSPS) is 21.4. The molecule has 0 atom stereocenters. The number of carbonyl (C=O) groups excluding carboxylic acids is 1. The van der Waals surface area contributed by atoms with Crippen LogP contribution in [0.2, 0.25) is 0 Å². The smallest absolute Gasteiger partial charge is 0.266 e. The first-order valence-electron chi connectivity index (χ1n) is 14.1. The van der Waals surface area contributed by atoms with Gasteiger partial charge in [0.15, 0.2) is 16.7 Å². The third-order valence-corrected chi connectivity index (χ3v) is 9.23. The van der Waals surface area contributed by atoms with Crippen molar-refractivity contribution >= 4 is 51.5 Å². The number of ether oxygens (including phenoxy) is 2. The third kappa shape index (κ3) is 6.95. The minimum atomic E-state index is 0.105. The van der Waals surface area contributed by atoms with Gasteiger partial charge >= 0.3 is 0 Å². The van der Waals surface area contributed by atoms with E-state index in [9.17, 15) is 4.79 Å². The Bertz CT molecular complexity index is 1170. The first kappa shape index (κ1) is 27.6. The van der Waals surface area contributed by atoms with Crippen LogP contribution in [-0.2, 0) is 11.4 Å². The molecule has 202 valence electrons. The van der Waals surface area contributed by atoms with Crippen LogP contribution in [0, 0.1) is 3.57 Å². The molecule has 0 N–H and O–H groups in total. The number of aliphatic imine (C=N–C) groups is 1. The number of thioether (sulfide) groups is 1. The van der Waals surface area contributed by atoms with Crippen molar-refractivity contribution in [2.24, 2.45) is 4.99 Å². The molecule has 7 heteroatoms. The van der Waals surface area contributed by atoms with Crippen LogP contribution in [0.1, 0.15) is 82.3 Å². The van der Waals surface area contributed by atoms with Crippen molar-refractivity contribution in [3.8, 4) is 11.5 Å². The molecule has 1 aliphatic heterocycles. The zero-order valence-electron chi connectivity index (χ0n) is 22.2. The summed E-state index contributed by atoms with van der Waals surface area (Å²) in [7, 11) is 0. The largest absolute Gasteiger partial charge is 0.490 e. The van der Waals surface area contributed by atoms with E-state index >= 15 is 0 Å². The fourth-order valence-corrected chi connectivity index (χ4v) is 6.97. The highest BCUT2D eigenvalue weighted by molar-refractivity contribution is 14.1. The van der Waals surface area contributed by atoms with Gasteiger partial charge in [-0.1, -0.05) is 56.7 Å². The van der Waals surface area contributed by atoms with Crippen molar-refractivity contribution in [1.82, 2.24) is 4.90 Å². The minimum Gasteiger partial charge on any atom is -0.490 e. The Labute approximate surface area is 244 Å². The minimum absolute atomic E-state index is 0.105. The Hall–Kier alpha value is -2.00. The highest BCUT2D eigenvalue weighted by Crippen LogP contribution is 2.39. The van der Waals surface area contributed by atoms with Gasteiger partial charge in [-0.15, -0.1) is 0 Å². The standard InChI is InChI=1S/C31H37IN2O3S/c1-2-36-28-19-23(15-18-27(28)37-21-22-13-16-24(32)17-14-22)20-29-30(35)34(26-11-7-4-8-12-26)31(38-29)33-25-9-5-3-6-10-25/h13-20,25-26H,2-12,21H2,1H3. The van der Waals surface area contributed by atoms with Crippen LogP contribution in [0.5, 0.6) is 11.5 Å². The maximum absolute atomic E-state index is 13.7. The highest BCUT2D eigenvalue weighted by atomic mass is 127. The summed E-state index contributed by atoms with van der Waals surface area (Å²) in [5, 5.41) is 0.919. The van der Waals surface area contributed by atoms with E-state index in [2.05, 4.69) is 46.9 Å². The molecule has 0 radical (unpaired) electrons. The molecule has 0 unspecified atom stereocenters. The Morgan fingerprint density at radius 3 is 2.37 bits per heavy atom. The van der Waals surface area contributed by atoms with E-state index in [1.165, 1.54) is 42.1 Å². The van der Waals surface area contributed by atoms with Crippen LogP contribution in [0.3, 0.4) is 0 Å². The SMILES string of the molecule is CCOc1cc(C=C2SC(=NC3CCCCC3)N(C3CCCCC3)C2=O)ccc1OCc1ccc(I)cc1. The van der Waals surface area contributed by atoms with Gasteiger partial charge in [0, 0.05) is 9.61 Å². The molecule has 5 nitrogen and oxygen atoms in total. The number of amides is 1. The van der Waals surface area contributed by atoms with Gasteiger partial charge in [0.05, 0.1) is 17.6 Å². The molecule has 1 heterocycles. The number of hydrogen-bond acceptors (Lipinski definition) is 5. The summed E-state index contributed by atoms with van der Waals surface area (Å²) in [6.07, 6.45) is 13.8. The lowest BCUT2D eigenvalue weighted by molar-refractivity contribution is -0.124. The molecule has 3 fully saturated rings. The summed E-state index contributed by atoms with van der Waals surface area (Å²) < 4.78 is 13.2. The number of rotatable bonds is 8. The highest BCUT2D eigenvalue weighted by Gasteiger charge is 2.39. The topological polar surface area (TPSA) is 51.1 Å². The molecular weight excluding hydrogens is 607 g/mol. The van der Waals surface area contributed by atoms with Crippen LogP contribution in [0.25, 0.3) is 6.08 Å². The van der Waals surface area contributed by atoms with E-state index < -0.39 is 0 Å². The molecule has 0 aromatic heterocycles. The Morgan fingerprint density at radius 1 is 0.947 bits per heavy atom. The first-order valence-corrected chi connectivity index (χ1v) is 15.9. The summed E-state index contributed by atoms with van der Waals surface area (Å²) >= 11 is 3.86. The lowest BCUT2D eigenvalue weighted by Gasteiger charge is -2.31. The average Bonchev–Trinajstić information content (AvgIpc) is 3.24. The summed E-state index contributed by atoms with van der Waals surface area (Å²) in [5.74, 6) is 1.51. The lowest BCUT2D eigenvalue weighted by Crippen LogP contribution is -2.41. The van der Waals surface area contributed by atoms with Crippen LogP contribution < -0.4 is 9.47 Å². The molecule has 0 spiro atoms. The number of carbonyl (C=O) groups is 1.